The van der Waals surface area contributed by atoms with Gasteiger partial charge >= 0.3 is 0 Å². The molecule has 1 aliphatic rings. The van der Waals surface area contributed by atoms with Crippen molar-refractivity contribution in [1.29, 1.82) is 0 Å². The van der Waals surface area contributed by atoms with Crippen molar-refractivity contribution in [2.75, 3.05) is 12.3 Å². The molecule has 0 radical (unpaired) electrons. The summed E-state index contributed by atoms with van der Waals surface area (Å²) < 4.78 is 11.7. The molecule has 106 valence electrons. The van der Waals surface area contributed by atoms with E-state index in [1.54, 1.807) is 0 Å². The Balaban J connectivity index is 1.97. The Kier molecular flexibility index (Phi) is 4.94. The minimum atomic E-state index is 0.331. The molecule has 0 aromatic heterocycles. The zero-order valence-electron chi connectivity index (χ0n) is 12.0. The van der Waals surface area contributed by atoms with Gasteiger partial charge in [0.15, 0.2) is 0 Å². The summed E-state index contributed by atoms with van der Waals surface area (Å²) in [5.74, 6) is 2.48. The third-order valence-electron chi connectivity index (χ3n) is 3.64. The highest BCUT2D eigenvalue weighted by molar-refractivity contribution is 5.50. The molecule has 0 amide bonds. The summed E-state index contributed by atoms with van der Waals surface area (Å²) in [6.07, 6.45) is 6.11. The summed E-state index contributed by atoms with van der Waals surface area (Å²) >= 11 is 0. The molecule has 1 saturated carbocycles. The average molecular weight is 263 g/mol. The number of anilines is 1. The lowest BCUT2D eigenvalue weighted by Gasteiger charge is -2.27. The van der Waals surface area contributed by atoms with E-state index in [0.717, 1.165) is 36.7 Å². The minimum Gasteiger partial charge on any atom is -0.493 e. The Bertz CT molecular complexity index is 398. The number of hydrogen-bond acceptors (Lipinski definition) is 3. The van der Waals surface area contributed by atoms with Gasteiger partial charge in [-0.15, -0.1) is 0 Å². The van der Waals surface area contributed by atoms with Gasteiger partial charge in [-0.05, 0) is 38.0 Å². The van der Waals surface area contributed by atoms with Crippen LogP contribution >= 0.6 is 0 Å². The highest BCUT2D eigenvalue weighted by Gasteiger charge is 2.19. The van der Waals surface area contributed by atoms with Crippen LogP contribution in [0.3, 0.4) is 0 Å². The predicted octanol–water partition coefficient (Wildman–Crippen LogP) is 4.02. The summed E-state index contributed by atoms with van der Waals surface area (Å²) in [6, 6.07) is 5.69. The van der Waals surface area contributed by atoms with Gasteiger partial charge in [-0.2, -0.15) is 0 Å². The second-order valence-electron chi connectivity index (χ2n) is 5.59. The first-order valence-corrected chi connectivity index (χ1v) is 7.37. The van der Waals surface area contributed by atoms with Gasteiger partial charge in [0.05, 0.1) is 12.7 Å². The van der Waals surface area contributed by atoms with Crippen LogP contribution in [0.1, 0.15) is 46.0 Å². The average Bonchev–Trinajstić information content (AvgIpc) is 2.38. The van der Waals surface area contributed by atoms with Crippen molar-refractivity contribution in [3.63, 3.8) is 0 Å². The van der Waals surface area contributed by atoms with E-state index in [1.807, 2.05) is 18.2 Å². The molecule has 0 spiro atoms. The second-order valence-corrected chi connectivity index (χ2v) is 5.59. The van der Waals surface area contributed by atoms with E-state index in [2.05, 4.69) is 13.8 Å². The Morgan fingerprint density at radius 2 is 1.79 bits per heavy atom. The fourth-order valence-electron chi connectivity index (χ4n) is 2.50. The van der Waals surface area contributed by atoms with Crippen molar-refractivity contribution in [2.24, 2.45) is 5.92 Å². The van der Waals surface area contributed by atoms with Crippen molar-refractivity contribution in [1.82, 2.24) is 0 Å². The maximum Gasteiger partial charge on any atom is 0.125 e. The van der Waals surface area contributed by atoms with Gasteiger partial charge in [-0.1, -0.05) is 13.8 Å². The molecule has 0 bridgehead atoms. The summed E-state index contributed by atoms with van der Waals surface area (Å²) in [7, 11) is 0. The highest BCUT2D eigenvalue weighted by atomic mass is 16.5. The van der Waals surface area contributed by atoms with Crippen molar-refractivity contribution in [3.05, 3.63) is 18.2 Å². The number of ether oxygens (including phenoxy) is 2. The van der Waals surface area contributed by atoms with E-state index in [0.29, 0.717) is 18.4 Å². The number of benzene rings is 1. The molecule has 0 aliphatic heterocycles. The van der Waals surface area contributed by atoms with Crippen LogP contribution in [0.5, 0.6) is 11.5 Å². The Hall–Kier alpha value is -1.38. The van der Waals surface area contributed by atoms with Gasteiger partial charge in [0, 0.05) is 23.9 Å². The van der Waals surface area contributed by atoms with E-state index in [-0.39, 0.29) is 0 Å². The minimum absolute atomic E-state index is 0.331. The van der Waals surface area contributed by atoms with Gasteiger partial charge in [-0.3, -0.25) is 0 Å². The van der Waals surface area contributed by atoms with Crippen LogP contribution in [0.4, 0.5) is 5.69 Å². The molecule has 1 aromatic rings. The summed E-state index contributed by atoms with van der Waals surface area (Å²) in [4.78, 5) is 0. The molecule has 0 heterocycles. The lowest BCUT2D eigenvalue weighted by atomic mass is 9.89. The predicted molar refractivity (Wildman–Crippen MR) is 78.7 cm³/mol. The van der Waals surface area contributed by atoms with Gasteiger partial charge < -0.3 is 15.2 Å². The lowest BCUT2D eigenvalue weighted by Crippen LogP contribution is -2.23. The Labute approximate surface area is 116 Å². The topological polar surface area (TPSA) is 44.5 Å². The largest absolute Gasteiger partial charge is 0.493 e. The zero-order chi connectivity index (χ0) is 13.7. The molecule has 1 fully saturated rings. The molecule has 0 saturated heterocycles. The molecule has 3 nitrogen and oxygen atoms in total. The molecule has 1 aromatic carbocycles. The molecular weight excluding hydrogens is 238 g/mol. The Morgan fingerprint density at radius 3 is 2.47 bits per heavy atom. The van der Waals surface area contributed by atoms with Crippen LogP contribution < -0.4 is 15.2 Å². The van der Waals surface area contributed by atoms with Crippen molar-refractivity contribution >= 4 is 5.69 Å². The first-order valence-electron chi connectivity index (χ1n) is 7.37. The molecule has 2 rings (SSSR count). The standard InChI is InChI=1S/C16H25NO2/c1-3-8-18-15-9-13(17)10-16(11-15)19-14-6-4-12(2)5-7-14/h9-12,14H,3-8,17H2,1-2H3. The second kappa shape index (κ2) is 6.69. The SMILES string of the molecule is CCCOc1cc(N)cc(OC2CCC(C)CC2)c1. The van der Waals surface area contributed by atoms with Crippen LogP contribution in [-0.4, -0.2) is 12.7 Å². The molecule has 2 N–H and O–H groups in total. The van der Waals surface area contributed by atoms with E-state index in [4.69, 9.17) is 15.2 Å². The number of nitrogens with two attached hydrogens (primary N) is 1. The van der Waals surface area contributed by atoms with Gasteiger partial charge in [0.25, 0.3) is 0 Å². The first-order chi connectivity index (χ1) is 9.17. The summed E-state index contributed by atoms with van der Waals surface area (Å²) in [6.45, 7) is 5.12. The fourth-order valence-corrected chi connectivity index (χ4v) is 2.50. The van der Waals surface area contributed by atoms with Crippen LogP contribution in [0.25, 0.3) is 0 Å². The summed E-state index contributed by atoms with van der Waals surface area (Å²) in [5, 5.41) is 0. The molecule has 3 heteroatoms. The molecule has 0 atom stereocenters. The fraction of sp³-hybridized carbons (Fsp3) is 0.625. The van der Waals surface area contributed by atoms with Gasteiger partial charge in [-0.25, -0.2) is 0 Å². The van der Waals surface area contributed by atoms with E-state index in [1.165, 1.54) is 12.8 Å². The third-order valence-corrected chi connectivity index (χ3v) is 3.64. The lowest BCUT2D eigenvalue weighted by molar-refractivity contribution is 0.135. The van der Waals surface area contributed by atoms with Crippen molar-refractivity contribution in [3.8, 4) is 11.5 Å². The van der Waals surface area contributed by atoms with Crippen molar-refractivity contribution in [2.45, 2.75) is 52.1 Å². The molecule has 1 aliphatic carbocycles. The van der Waals surface area contributed by atoms with Gasteiger partial charge in [0.1, 0.15) is 11.5 Å². The van der Waals surface area contributed by atoms with Crippen LogP contribution in [0.15, 0.2) is 18.2 Å². The van der Waals surface area contributed by atoms with E-state index >= 15 is 0 Å². The van der Waals surface area contributed by atoms with Crippen LogP contribution in [-0.2, 0) is 0 Å². The monoisotopic (exact) mass is 263 g/mol. The first kappa shape index (κ1) is 14.0. The summed E-state index contributed by atoms with van der Waals surface area (Å²) in [5.41, 5.74) is 6.60. The molecular formula is C16H25NO2. The quantitative estimate of drug-likeness (QED) is 0.816. The smallest absolute Gasteiger partial charge is 0.125 e. The van der Waals surface area contributed by atoms with Crippen molar-refractivity contribution < 1.29 is 9.47 Å². The molecule has 0 unspecified atom stereocenters. The number of rotatable bonds is 5. The number of hydrogen-bond donors (Lipinski definition) is 1. The third kappa shape index (κ3) is 4.34. The zero-order valence-corrected chi connectivity index (χ0v) is 12.0. The van der Waals surface area contributed by atoms with Crippen LogP contribution in [0.2, 0.25) is 0 Å². The normalized spacial score (nSPS) is 23.1. The van der Waals surface area contributed by atoms with E-state index < -0.39 is 0 Å². The maximum atomic E-state index is 6.05. The highest BCUT2D eigenvalue weighted by Crippen LogP contribution is 2.30. The van der Waals surface area contributed by atoms with E-state index in [9.17, 15) is 0 Å². The maximum absolute atomic E-state index is 6.05. The van der Waals surface area contributed by atoms with Gasteiger partial charge in [0.2, 0.25) is 0 Å². The number of nitrogen functional groups attached to an aromatic ring is 1. The molecule has 19 heavy (non-hydrogen) atoms. The van der Waals surface area contributed by atoms with Crippen LogP contribution in [0, 0.1) is 5.92 Å². The Morgan fingerprint density at radius 1 is 1.11 bits per heavy atom.